The summed E-state index contributed by atoms with van der Waals surface area (Å²) in [6, 6.07) is 12.6. The highest BCUT2D eigenvalue weighted by Crippen LogP contribution is 2.19. The maximum atomic E-state index is 12.6. The predicted octanol–water partition coefficient (Wildman–Crippen LogP) is 3.19. The zero-order valence-corrected chi connectivity index (χ0v) is 16.8. The Labute approximate surface area is 161 Å². The number of hydrogen-bond donors (Lipinski definition) is 1. The number of benzene rings is 2. The molecule has 1 N–H and O–H groups in total. The quantitative estimate of drug-likeness (QED) is 0.877. The Bertz CT molecular complexity index is 946. The summed E-state index contributed by atoms with van der Waals surface area (Å²) in [6.07, 6.45) is 1.23. The van der Waals surface area contributed by atoms with Gasteiger partial charge in [-0.2, -0.15) is 0 Å². The second-order valence-electron chi connectivity index (χ2n) is 7.30. The number of piperidine rings is 1. The lowest BCUT2D eigenvalue weighted by atomic mass is 10.0. The van der Waals surface area contributed by atoms with Crippen LogP contribution in [0.15, 0.2) is 47.4 Å². The van der Waals surface area contributed by atoms with Gasteiger partial charge in [-0.1, -0.05) is 23.8 Å². The molecule has 0 atom stereocenters. The number of nitrogens with zero attached hydrogens (tertiary/aromatic N) is 1. The molecule has 1 aliphatic heterocycles. The standard InChI is InChI=1S/C21H26N2O3S/c1-15-5-4-6-18(13-15)21(24)23-11-9-19(10-12-23)22-27(25,26)20-8-7-16(2)17(3)14-20/h4-8,13-14,19,22H,9-12H2,1-3H3. The Kier molecular flexibility index (Phi) is 5.67. The van der Waals surface area contributed by atoms with E-state index >= 15 is 0 Å². The maximum absolute atomic E-state index is 12.6. The Morgan fingerprint density at radius 3 is 2.33 bits per heavy atom. The summed E-state index contributed by atoms with van der Waals surface area (Å²) >= 11 is 0. The van der Waals surface area contributed by atoms with Crippen LogP contribution in [0.25, 0.3) is 0 Å². The van der Waals surface area contributed by atoms with Gasteiger partial charge in [-0.05, 0) is 69.0 Å². The number of hydrogen-bond acceptors (Lipinski definition) is 3. The van der Waals surface area contributed by atoms with Crippen molar-refractivity contribution in [2.24, 2.45) is 0 Å². The molecule has 3 rings (SSSR count). The fourth-order valence-corrected chi connectivity index (χ4v) is 4.72. The first kappa shape index (κ1) is 19.6. The topological polar surface area (TPSA) is 66.5 Å². The van der Waals surface area contributed by atoms with E-state index in [2.05, 4.69) is 4.72 Å². The van der Waals surface area contributed by atoms with Crippen LogP contribution in [-0.4, -0.2) is 38.4 Å². The minimum absolute atomic E-state index is 0.00849. The first-order valence-corrected chi connectivity index (χ1v) is 10.7. The SMILES string of the molecule is Cc1cccc(C(=O)N2CCC(NS(=O)(=O)c3ccc(C)c(C)c3)CC2)c1. The van der Waals surface area contributed by atoms with Crippen LogP contribution in [0, 0.1) is 20.8 Å². The molecule has 5 nitrogen and oxygen atoms in total. The van der Waals surface area contributed by atoms with Crippen LogP contribution in [0.1, 0.15) is 39.9 Å². The van der Waals surface area contributed by atoms with Crippen molar-refractivity contribution in [1.82, 2.24) is 9.62 Å². The molecular weight excluding hydrogens is 360 g/mol. The van der Waals surface area contributed by atoms with Crippen LogP contribution in [-0.2, 0) is 10.0 Å². The van der Waals surface area contributed by atoms with E-state index in [1.165, 1.54) is 0 Å². The molecule has 2 aromatic rings. The van der Waals surface area contributed by atoms with E-state index in [1.54, 1.807) is 17.0 Å². The highest BCUT2D eigenvalue weighted by molar-refractivity contribution is 7.89. The monoisotopic (exact) mass is 386 g/mol. The number of rotatable bonds is 4. The fraction of sp³-hybridized carbons (Fsp3) is 0.381. The largest absolute Gasteiger partial charge is 0.339 e. The molecule has 0 spiro atoms. The Hall–Kier alpha value is -2.18. The van der Waals surface area contributed by atoms with Crippen LogP contribution >= 0.6 is 0 Å². The van der Waals surface area contributed by atoms with Gasteiger partial charge >= 0.3 is 0 Å². The molecule has 1 fully saturated rings. The van der Waals surface area contributed by atoms with Gasteiger partial charge in [-0.25, -0.2) is 13.1 Å². The average Bonchev–Trinajstić information content (AvgIpc) is 2.63. The molecule has 0 aliphatic carbocycles. The molecule has 27 heavy (non-hydrogen) atoms. The van der Waals surface area contributed by atoms with Crippen molar-refractivity contribution in [2.45, 2.75) is 44.6 Å². The summed E-state index contributed by atoms with van der Waals surface area (Å²) in [6.45, 7) is 6.92. The second kappa shape index (κ2) is 7.82. The molecular formula is C21H26N2O3S. The van der Waals surface area contributed by atoms with Gasteiger partial charge in [0.15, 0.2) is 0 Å². The first-order chi connectivity index (χ1) is 12.8. The molecule has 144 valence electrons. The average molecular weight is 387 g/mol. The van der Waals surface area contributed by atoms with Crippen molar-refractivity contribution in [2.75, 3.05) is 13.1 Å². The lowest BCUT2D eigenvalue weighted by Crippen LogP contribution is -2.46. The molecule has 0 bridgehead atoms. The van der Waals surface area contributed by atoms with E-state index in [4.69, 9.17) is 0 Å². The molecule has 0 unspecified atom stereocenters. The van der Waals surface area contributed by atoms with Crippen molar-refractivity contribution in [3.8, 4) is 0 Å². The molecule has 1 saturated heterocycles. The number of aryl methyl sites for hydroxylation is 3. The minimum atomic E-state index is -3.55. The predicted molar refractivity (Wildman–Crippen MR) is 106 cm³/mol. The van der Waals surface area contributed by atoms with Gasteiger partial charge in [0.25, 0.3) is 5.91 Å². The minimum Gasteiger partial charge on any atom is -0.339 e. The number of amides is 1. The van der Waals surface area contributed by atoms with Crippen LogP contribution in [0.3, 0.4) is 0 Å². The van der Waals surface area contributed by atoms with Gasteiger partial charge in [-0.15, -0.1) is 0 Å². The van der Waals surface area contributed by atoms with E-state index in [0.29, 0.717) is 36.4 Å². The summed E-state index contributed by atoms with van der Waals surface area (Å²) in [4.78, 5) is 14.7. The Morgan fingerprint density at radius 2 is 1.70 bits per heavy atom. The molecule has 0 aromatic heterocycles. The molecule has 1 aliphatic rings. The maximum Gasteiger partial charge on any atom is 0.253 e. The lowest BCUT2D eigenvalue weighted by Gasteiger charge is -2.32. The summed E-state index contributed by atoms with van der Waals surface area (Å²) in [5.41, 5.74) is 3.76. The van der Waals surface area contributed by atoms with Gasteiger partial charge < -0.3 is 4.90 Å². The van der Waals surface area contributed by atoms with Crippen LogP contribution in [0.5, 0.6) is 0 Å². The van der Waals surface area contributed by atoms with Gasteiger partial charge in [0.2, 0.25) is 10.0 Å². The number of sulfonamides is 1. The fourth-order valence-electron chi connectivity index (χ4n) is 3.33. The second-order valence-corrected chi connectivity index (χ2v) is 9.02. The summed E-state index contributed by atoms with van der Waals surface area (Å²) in [5.74, 6) is 0.00849. The van der Waals surface area contributed by atoms with E-state index < -0.39 is 10.0 Å². The van der Waals surface area contributed by atoms with E-state index in [-0.39, 0.29) is 11.9 Å². The van der Waals surface area contributed by atoms with Crippen LogP contribution in [0.2, 0.25) is 0 Å². The molecule has 0 saturated carbocycles. The van der Waals surface area contributed by atoms with E-state index in [1.807, 2.05) is 51.1 Å². The third kappa shape index (κ3) is 4.57. The summed E-state index contributed by atoms with van der Waals surface area (Å²) < 4.78 is 28.1. The third-order valence-corrected chi connectivity index (χ3v) is 6.68. The molecule has 0 radical (unpaired) electrons. The molecule has 2 aromatic carbocycles. The van der Waals surface area contributed by atoms with Crippen molar-refractivity contribution in [1.29, 1.82) is 0 Å². The molecule has 6 heteroatoms. The van der Waals surface area contributed by atoms with Crippen molar-refractivity contribution >= 4 is 15.9 Å². The van der Waals surface area contributed by atoms with Crippen molar-refractivity contribution in [3.63, 3.8) is 0 Å². The number of carbonyl (C=O) groups excluding carboxylic acids is 1. The Morgan fingerprint density at radius 1 is 1.00 bits per heavy atom. The molecule has 1 heterocycles. The smallest absolute Gasteiger partial charge is 0.253 e. The molecule has 1 amide bonds. The first-order valence-electron chi connectivity index (χ1n) is 9.22. The van der Waals surface area contributed by atoms with Gasteiger partial charge in [-0.3, -0.25) is 4.79 Å². The lowest BCUT2D eigenvalue weighted by molar-refractivity contribution is 0.0711. The van der Waals surface area contributed by atoms with Gasteiger partial charge in [0, 0.05) is 24.7 Å². The summed E-state index contributed by atoms with van der Waals surface area (Å²) in [7, 11) is -3.55. The van der Waals surface area contributed by atoms with Gasteiger partial charge in [0.1, 0.15) is 0 Å². The van der Waals surface area contributed by atoms with E-state index in [0.717, 1.165) is 16.7 Å². The van der Waals surface area contributed by atoms with E-state index in [9.17, 15) is 13.2 Å². The number of nitrogens with one attached hydrogen (secondary N) is 1. The van der Waals surface area contributed by atoms with Crippen molar-refractivity contribution in [3.05, 3.63) is 64.7 Å². The number of carbonyl (C=O) groups is 1. The van der Waals surface area contributed by atoms with Crippen molar-refractivity contribution < 1.29 is 13.2 Å². The zero-order chi connectivity index (χ0) is 19.6. The number of likely N-dealkylation sites (tertiary alicyclic amines) is 1. The third-order valence-electron chi connectivity index (χ3n) is 5.16. The van der Waals surface area contributed by atoms with Crippen LogP contribution in [0.4, 0.5) is 0 Å². The zero-order valence-electron chi connectivity index (χ0n) is 16.0. The Balaban J connectivity index is 1.62. The highest BCUT2D eigenvalue weighted by Gasteiger charge is 2.27. The normalized spacial score (nSPS) is 15.7. The van der Waals surface area contributed by atoms with Gasteiger partial charge in [0.05, 0.1) is 4.90 Å². The highest BCUT2D eigenvalue weighted by atomic mass is 32.2. The van der Waals surface area contributed by atoms with Crippen LogP contribution < -0.4 is 4.72 Å². The summed E-state index contributed by atoms with van der Waals surface area (Å²) in [5, 5.41) is 0.